The third kappa shape index (κ3) is 3.88. The molecule has 0 bridgehead atoms. The van der Waals surface area contributed by atoms with Crippen LogP contribution in [0.3, 0.4) is 0 Å². The first-order valence-electron chi connectivity index (χ1n) is 6.24. The van der Waals surface area contributed by atoms with Crippen LogP contribution >= 0.6 is 23.4 Å². The molecule has 1 heterocycles. The number of methoxy groups -OCH3 is 1. The first-order valence-corrected chi connectivity index (χ1v) is 7.61. The summed E-state index contributed by atoms with van der Waals surface area (Å²) in [7, 11) is 1.66. The normalized spacial score (nSPS) is 12.2. The van der Waals surface area contributed by atoms with Crippen LogP contribution in [0.1, 0.15) is 17.2 Å². The summed E-state index contributed by atoms with van der Waals surface area (Å²) in [5.74, 6) is 1.56. The minimum absolute atomic E-state index is 0.104. The Labute approximate surface area is 128 Å². The molecule has 1 atom stereocenters. The van der Waals surface area contributed by atoms with Crippen LogP contribution in [0, 0.1) is 6.92 Å². The number of pyridine rings is 1. The fourth-order valence-electron chi connectivity index (χ4n) is 1.86. The second-order valence-corrected chi connectivity index (χ2v) is 5.95. The van der Waals surface area contributed by atoms with E-state index in [0.717, 1.165) is 22.1 Å². The number of hydrogen-bond acceptors (Lipinski definition) is 4. The van der Waals surface area contributed by atoms with Gasteiger partial charge in [0.2, 0.25) is 0 Å². The van der Waals surface area contributed by atoms with Crippen molar-refractivity contribution < 1.29 is 4.74 Å². The first kappa shape index (κ1) is 15.2. The lowest BCUT2D eigenvalue weighted by atomic mass is 10.1. The van der Waals surface area contributed by atoms with Gasteiger partial charge >= 0.3 is 0 Å². The lowest BCUT2D eigenvalue weighted by molar-refractivity contribution is 0.407. The summed E-state index contributed by atoms with van der Waals surface area (Å²) in [6.45, 7) is 2.05. The summed E-state index contributed by atoms with van der Waals surface area (Å²) < 4.78 is 5.37. The Morgan fingerprint density at radius 2 is 2.15 bits per heavy atom. The third-order valence-electron chi connectivity index (χ3n) is 2.90. The second-order valence-electron chi connectivity index (χ2n) is 4.48. The predicted molar refractivity (Wildman–Crippen MR) is 84.6 cm³/mol. The van der Waals surface area contributed by atoms with Crippen molar-refractivity contribution in [2.75, 3.05) is 12.9 Å². The van der Waals surface area contributed by atoms with Gasteiger partial charge in [-0.1, -0.05) is 29.3 Å². The molecule has 0 amide bonds. The smallest absolute Gasteiger partial charge is 0.123 e. The average molecular weight is 309 g/mol. The molecule has 106 valence electrons. The zero-order valence-electron chi connectivity index (χ0n) is 11.5. The van der Waals surface area contributed by atoms with E-state index < -0.39 is 0 Å². The number of rotatable bonds is 5. The van der Waals surface area contributed by atoms with Crippen molar-refractivity contribution in [2.24, 2.45) is 5.73 Å². The van der Waals surface area contributed by atoms with Crippen LogP contribution in [0.2, 0.25) is 5.02 Å². The fourth-order valence-corrected chi connectivity index (χ4v) is 2.79. The van der Waals surface area contributed by atoms with E-state index in [1.165, 1.54) is 5.56 Å². The van der Waals surface area contributed by atoms with Crippen molar-refractivity contribution in [1.82, 2.24) is 4.98 Å². The Hall–Kier alpha value is -1.23. The molecule has 20 heavy (non-hydrogen) atoms. The molecule has 0 saturated heterocycles. The maximum absolute atomic E-state index is 6.26. The summed E-state index contributed by atoms with van der Waals surface area (Å²) in [6, 6.07) is 9.66. The topological polar surface area (TPSA) is 48.1 Å². The van der Waals surface area contributed by atoms with Gasteiger partial charge in [-0.2, -0.15) is 0 Å². The first-order chi connectivity index (χ1) is 9.60. The quantitative estimate of drug-likeness (QED) is 0.852. The number of hydrogen-bond donors (Lipinski definition) is 1. The van der Waals surface area contributed by atoms with Crippen LogP contribution in [0.15, 0.2) is 41.6 Å². The average Bonchev–Trinajstić information content (AvgIpc) is 2.46. The lowest BCUT2D eigenvalue weighted by Gasteiger charge is -2.16. The minimum Gasteiger partial charge on any atom is -0.496 e. The lowest BCUT2D eigenvalue weighted by Crippen LogP contribution is -2.14. The highest BCUT2D eigenvalue weighted by Gasteiger charge is 2.13. The van der Waals surface area contributed by atoms with Crippen molar-refractivity contribution in [1.29, 1.82) is 0 Å². The van der Waals surface area contributed by atoms with Crippen molar-refractivity contribution in [3.8, 4) is 5.75 Å². The van der Waals surface area contributed by atoms with Crippen LogP contribution in [0.25, 0.3) is 0 Å². The van der Waals surface area contributed by atoms with E-state index in [4.69, 9.17) is 22.1 Å². The molecule has 1 unspecified atom stereocenters. The van der Waals surface area contributed by atoms with Gasteiger partial charge in [-0.3, -0.25) is 0 Å². The molecular formula is C15H17ClN2OS. The molecule has 1 aromatic heterocycles. The predicted octanol–water partition coefficient (Wildman–Crippen LogP) is 3.84. The molecule has 0 aliphatic heterocycles. The zero-order valence-corrected chi connectivity index (χ0v) is 13.0. The van der Waals surface area contributed by atoms with E-state index in [1.54, 1.807) is 25.1 Å². The van der Waals surface area contributed by atoms with Crippen molar-refractivity contribution >= 4 is 23.4 Å². The molecule has 2 aromatic rings. The molecule has 1 aromatic carbocycles. The minimum atomic E-state index is -0.104. The SMILES string of the molecule is COc1ccc(C)cc1C(N)CSc1ccc(Cl)cn1. The molecule has 0 spiro atoms. The summed E-state index contributed by atoms with van der Waals surface area (Å²) in [5, 5.41) is 1.55. The van der Waals surface area contributed by atoms with Gasteiger partial charge in [-0.15, -0.1) is 11.8 Å². The van der Waals surface area contributed by atoms with Gasteiger partial charge in [-0.05, 0) is 25.1 Å². The van der Waals surface area contributed by atoms with E-state index in [0.29, 0.717) is 5.02 Å². The molecule has 0 aliphatic carbocycles. The Morgan fingerprint density at radius 1 is 1.35 bits per heavy atom. The number of nitrogens with two attached hydrogens (primary N) is 1. The summed E-state index contributed by atoms with van der Waals surface area (Å²) in [6.07, 6.45) is 1.64. The number of benzene rings is 1. The van der Waals surface area contributed by atoms with Gasteiger partial charge in [0, 0.05) is 23.6 Å². The largest absolute Gasteiger partial charge is 0.496 e. The number of aryl methyl sites for hydroxylation is 1. The summed E-state index contributed by atoms with van der Waals surface area (Å²) >= 11 is 7.42. The van der Waals surface area contributed by atoms with Gasteiger partial charge in [-0.25, -0.2) is 4.98 Å². The van der Waals surface area contributed by atoms with Gasteiger partial charge in [0.25, 0.3) is 0 Å². The monoisotopic (exact) mass is 308 g/mol. The standard InChI is InChI=1S/C15H17ClN2OS/c1-10-3-5-14(19-2)12(7-10)13(17)9-20-15-6-4-11(16)8-18-15/h3-8,13H,9,17H2,1-2H3. The number of aromatic nitrogens is 1. The molecular weight excluding hydrogens is 292 g/mol. The van der Waals surface area contributed by atoms with Gasteiger partial charge < -0.3 is 10.5 Å². The maximum Gasteiger partial charge on any atom is 0.123 e. The summed E-state index contributed by atoms with van der Waals surface area (Å²) in [4.78, 5) is 4.25. The highest BCUT2D eigenvalue weighted by Crippen LogP contribution is 2.29. The molecule has 0 saturated carbocycles. The van der Waals surface area contributed by atoms with Crippen molar-refractivity contribution in [2.45, 2.75) is 18.0 Å². The van der Waals surface area contributed by atoms with Crippen LogP contribution < -0.4 is 10.5 Å². The molecule has 2 N–H and O–H groups in total. The molecule has 0 aliphatic rings. The third-order valence-corrected chi connectivity index (χ3v) is 4.18. The molecule has 2 rings (SSSR count). The Bertz CT molecular complexity index is 575. The Kier molecular flexibility index (Phi) is 5.29. The summed E-state index contributed by atoms with van der Waals surface area (Å²) in [5.41, 5.74) is 8.46. The highest BCUT2D eigenvalue weighted by molar-refractivity contribution is 7.99. The second kappa shape index (κ2) is 6.97. The molecule has 5 heteroatoms. The number of thioether (sulfide) groups is 1. The van der Waals surface area contributed by atoms with E-state index in [1.807, 2.05) is 31.2 Å². The van der Waals surface area contributed by atoms with Gasteiger partial charge in [0.15, 0.2) is 0 Å². The highest BCUT2D eigenvalue weighted by atomic mass is 35.5. The van der Waals surface area contributed by atoms with Gasteiger partial charge in [0.1, 0.15) is 5.75 Å². The van der Waals surface area contributed by atoms with E-state index in [9.17, 15) is 0 Å². The van der Waals surface area contributed by atoms with Crippen molar-refractivity contribution in [3.63, 3.8) is 0 Å². The van der Waals surface area contributed by atoms with Gasteiger partial charge in [0.05, 0.1) is 17.2 Å². The molecule has 0 fully saturated rings. The number of nitrogens with zero attached hydrogens (tertiary/aromatic N) is 1. The van der Waals surface area contributed by atoms with E-state index >= 15 is 0 Å². The fraction of sp³-hybridized carbons (Fsp3) is 0.267. The Balaban J connectivity index is 2.06. The van der Waals surface area contributed by atoms with Crippen LogP contribution in [0.5, 0.6) is 5.75 Å². The Morgan fingerprint density at radius 3 is 2.80 bits per heavy atom. The van der Waals surface area contributed by atoms with Crippen LogP contribution in [-0.2, 0) is 0 Å². The zero-order chi connectivity index (χ0) is 14.5. The van der Waals surface area contributed by atoms with Crippen LogP contribution in [0.4, 0.5) is 0 Å². The van der Waals surface area contributed by atoms with Crippen molar-refractivity contribution in [3.05, 3.63) is 52.7 Å². The number of halogens is 1. The maximum atomic E-state index is 6.26. The molecule has 3 nitrogen and oxygen atoms in total. The number of ether oxygens (including phenoxy) is 1. The molecule has 0 radical (unpaired) electrons. The van der Waals surface area contributed by atoms with Crippen LogP contribution in [-0.4, -0.2) is 17.8 Å². The van der Waals surface area contributed by atoms with E-state index in [2.05, 4.69) is 11.1 Å². The van der Waals surface area contributed by atoms with E-state index in [-0.39, 0.29) is 6.04 Å².